The van der Waals surface area contributed by atoms with Gasteiger partial charge in [-0.05, 0) is 30.7 Å². The highest BCUT2D eigenvalue weighted by Crippen LogP contribution is 2.46. The predicted octanol–water partition coefficient (Wildman–Crippen LogP) is 9.53. The first kappa shape index (κ1) is 32.7. The Kier molecular flexibility index (Phi) is 15.2. The molecule has 0 aliphatic carbocycles. The molecule has 2 aliphatic rings. The summed E-state index contributed by atoms with van der Waals surface area (Å²) in [5.41, 5.74) is 1.21. The number of hydrogen-bond acceptors (Lipinski definition) is 6. The van der Waals surface area contributed by atoms with Crippen LogP contribution in [0.1, 0.15) is 110 Å². The van der Waals surface area contributed by atoms with Crippen LogP contribution < -0.4 is 4.90 Å². The Bertz CT molecular complexity index is 1040. The monoisotopic (exact) mass is 603 g/mol. The molecule has 1 amide bonds. The highest BCUT2D eigenvalue weighted by molar-refractivity contribution is 8.26. The van der Waals surface area contributed by atoms with Crippen LogP contribution in [0.5, 0.6) is 0 Å². The molecule has 0 saturated carbocycles. The highest BCUT2D eigenvalue weighted by Gasteiger charge is 2.33. The molecule has 5 nitrogen and oxygen atoms in total. The second-order valence-corrected chi connectivity index (χ2v) is 13.5. The Hall–Kier alpha value is -1.77. The molecule has 0 bridgehead atoms. The molecule has 0 radical (unpaired) electrons. The van der Waals surface area contributed by atoms with Crippen LogP contribution in [0, 0.1) is 0 Å². The number of aliphatic carboxylic acids is 1. The van der Waals surface area contributed by atoms with Crippen molar-refractivity contribution in [3.05, 3.63) is 46.4 Å². The highest BCUT2D eigenvalue weighted by atomic mass is 32.2. The second kappa shape index (κ2) is 18.6. The number of rotatable bonds is 20. The SMILES string of the molecule is CCCCCCCCCCCCCCCCCCN1/C(=[13CH]\C=C2\SC(=S)N(CC(=O)O)C2=O)Sc2ccccc21. The molecule has 8 heteroatoms. The van der Waals surface area contributed by atoms with Crippen molar-refractivity contribution in [2.24, 2.45) is 0 Å². The zero-order chi connectivity index (χ0) is 28.6. The standard InChI is InChI=1S/C32H46N2O3S3/c1-2-3-4-5-6-7-8-9-10-11-12-13-14-15-16-19-24-33-26-20-17-18-21-27(26)39-29(33)23-22-28-31(37)34(25-30(35)36)32(38)40-28/h17-18,20-23H,2-16,19,24-25H2,1H3,(H,35,36)/b28-22+,29-23+/i23+1. The fraction of sp³-hybridized carbons (Fsp3) is 0.594. The predicted molar refractivity (Wildman–Crippen MR) is 175 cm³/mol. The van der Waals surface area contributed by atoms with Crippen LogP contribution in [0.3, 0.4) is 0 Å². The number of carbonyl (C=O) groups excluding carboxylic acids is 1. The van der Waals surface area contributed by atoms with Crippen LogP contribution >= 0.6 is 35.7 Å². The number of para-hydroxylation sites is 1. The lowest BCUT2D eigenvalue weighted by Gasteiger charge is -2.20. The fourth-order valence-electron chi connectivity index (χ4n) is 5.16. The summed E-state index contributed by atoms with van der Waals surface area (Å²) in [5, 5.41) is 10.2. The molecule has 1 saturated heterocycles. The summed E-state index contributed by atoms with van der Waals surface area (Å²) < 4.78 is 0.296. The van der Waals surface area contributed by atoms with E-state index >= 15 is 0 Å². The van der Waals surface area contributed by atoms with Crippen LogP contribution in [0.2, 0.25) is 0 Å². The normalized spacial score (nSPS) is 17.0. The summed E-state index contributed by atoms with van der Waals surface area (Å²) in [5.74, 6) is -1.40. The van der Waals surface area contributed by atoms with Crippen LogP contribution in [0.4, 0.5) is 5.69 Å². The number of carboxylic acids is 1. The van der Waals surface area contributed by atoms with E-state index in [1.807, 2.05) is 6.08 Å². The molecule has 1 N–H and O–H groups in total. The topological polar surface area (TPSA) is 60.9 Å². The number of nitrogens with zero attached hydrogens (tertiary/aromatic N) is 2. The first-order valence-corrected chi connectivity index (χ1v) is 17.3. The van der Waals surface area contributed by atoms with Crippen LogP contribution in [-0.2, 0) is 9.59 Å². The lowest BCUT2D eigenvalue weighted by molar-refractivity contribution is -0.140. The minimum atomic E-state index is -1.07. The van der Waals surface area contributed by atoms with E-state index in [1.165, 1.54) is 119 Å². The molecule has 0 unspecified atom stereocenters. The minimum Gasteiger partial charge on any atom is -0.480 e. The van der Waals surface area contributed by atoms with Crippen molar-refractivity contribution in [2.45, 2.75) is 115 Å². The second-order valence-electron chi connectivity index (χ2n) is 10.7. The summed E-state index contributed by atoms with van der Waals surface area (Å²) >= 11 is 8.10. The van der Waals surface area contributed by atoms with Crippen molar-refractivity contribution in [1.82, 2.24) is 4.90 Å². The lowest BCUT2D eigenvalue weighted by Crippen LogP contribution is -2.33. The van der Waals surface area contributed by atoms with Gasteiger partial charge < -0.3 is 10.0 Å². The molecule has 3 rings (SSSR count). The maximum Gasteiger partial charge on any atom is 0.323 e. The molecule has 220 valence electrons. The Labute approximate surface area is 255 Å². The van der Waals surface area contributed by atoms with E-state index in [2.05, 4.69) is 36.1 Å². The first-order chi connectivity index (χ1) is 19.5. The molecule has 1 aromatic carbocycles. The molecular formula is C32H46N2O3S3. The zero-order valence-electron chi connectivity index (χ0n) is 24.1. The van der Waals surface area contributed by atoms with E-state index < -0.39 is 12.5 Å². The van der Waals surface area contributed by atoms with Gasteiger partial charge in [-0.25, -0.2) is 0 Å². The third-order valence-electron chi connectivity index (χ3n) is 7.42. The van der Waals surface area contributed by atoms with Gasteiger partial charge in [-0.2, -0.15) is 0 Å². The number of amides is 1. The number of carboxylic acid groups (broad SMARTS) is 1. The number of anilines is 1. The number of thioether (sulfide) groups is 2. The van der Waals surface area contributed by atoms with Gasteiger partial charge >= 0.3 is 5.97 Å². The maximum absolute atomic E-state index is 12.6. The van der Waals surface area contributed by atoms with Crippen LogP contribution in [-0.4, -0.2) is 39.3 Å². The molecule has 2 heterocycles. The molecule has 1 aromatic rings. The van der Waals surface area contributed by atoms with Gasteiger partial charge in [-0.1, -0.05) is 151 Å². The molecule has 0 aromatic heterocycles. The van der Waals surface area contributed by atoms with Gasteiger partial charge in [0, 0.05) is 11.4 Å². The fourth-order valence-corrected chi connectivity index (χ4v) is 7.45. The van der Waals surface area contributed by atoms with Crippen molar-refractivity contribution in [2.75, 3.05) is 18.0 Å². The number of carbonyl (C=O) groups is 2. The number of unbranched alkanes of at least 4 members (excludes halogenated alkanes) is 15. The first-order valence-electron chi connectivity index (χ1n) is 15.2. The Balaban J connectivity index is 1.35. The average molecular weight is 604 g/mol. The number of thiocarbonyl (C=S) groups is 1. The van der Waals surface area contributed by atoms with Crippen LogP contribution in [0.25, 0.3) is 0 Å². The summed E-state index contributed by atoms with van der Waals surface area (Å²) in [6.45, 7) is 2.83. The van der Waals surface area contributed by atoms with Gasteiger partial charge in [0.05, 0.1) is 15.6 Å². The van der Waals surface area contributed by atoms with E-state index in [1.54, 1.807) is 17.8 Å². The molecule has 0 spiro atoms. The van der Waals surface area contributed by atoms with Gasteiger partial charge in [0.25, 0.3) is 5.91 Å². The average Bonchev–Trinajstić information content (AvgIpc) is 3.42. The van der Waals surface area contributed by atoms with Crippen molar-refractivity contribution < 1.29 is 14.7 Å². The van der Waals surface area contributed by atoms with Crippen molar-refractivity contribution in [3.63, 3.8) is 0 Å². The Morgan fingerprint density at radius 1 is 0.800 bits per heavy atom. The zero-order valence-corrected chi connectivity index (χ0v) is 26.5. The lowest BCUT2D eigenvalue weighted by atomic mass is 10.0. The Morgan fingerprint density at radius 3 is 1.93 bits per heavy atom. The largest absolute Gasteiger partial charge is 0.480 e. The van der Waals surface area contributed by atoms with Crippen molar-refractivity contribution in [3.8, 4) is 0 Å². The van der Waals surface area contributed by atoms with Gasteiger partial charge in [0.1, 0.15) is 10.9 Å². The van der Waals surface area contributed by atoms with Gasteiger partial charge in [-0.15, -0.1) is 0 Å². The van der Waals surface area contributed by atoms with Crippen molar-refractivity contribution in [1.29, 1.82) is 0 Å². The maximum atomic E-state index is 12.6. The molecule has 0 atom stereocenters. The summed E-state index contributed by atoms with van der Waals surface area (Å²) in [7, 11) is 0. The van der Waals surface area contributed by atoms with Gasteiger partial charge in [-0.3, -0.25) is 14.5 Å². The molecule has 40 heavy (non-hydrogen) atoms. The minimum absolute atomic E-state index is 0.296. The van der Waals surface area contributed by atoms with Gasteiger partial charge in [0.2, 0.25) is 0 Å². The van der Waals surface area contributed by atoms with E-state index in [9.17, 15) is 9.59 Å². The third kappa shape index (κ3) is 10.9. The number of fused-ring (bicyclic) bond motifs is 1. The Morgan fingerprint density at radius 2 is 1.35 bits per heavy atom. The number of benzene rings is 1. The smallest absolute Gasteiger partial charge is 0.323 e. The van der Waals surface area contributed by atoms with Crippen molar-refractivity contribution >= 4 is 57.6 Å². The van der Waals surface area contributed by atoms with E-state index in [4.69, 9.17) is 17.3 Å². The summed E-state index contributed by atoms with van der Waals surface area (Å²) in [6.07, 6.45) is 25.5. The van der Waals surface area contributed by atoms with Crippen LogP contribution in [0.15, 0.2) is 51.2 Å². The van der Waals surface area contributed by atoms with E-state index in [0.717, 1.165) is 22.9 Å². The summed E-state index contributed by atoms with van der Waals surface area (Å²) in [4.78, 5) is 28.9. The van der Waals surface area contributed by atoms with Gasteiger partial charge in [0.15, 0.2) is 0 Å². The number of allylic oxidation sites excluding steroid dienone is 2. The molecule has 1 fully saturated rings. The summed E-state index contributed by atoms with van der Waals surface area (Å²) in [6, 6.07) is 8.41. The van der Waals surface area contributed by atoms with E-state index in [-0.39, 0.29) is 5.91 Å². The van der Waals surface area contributed by atoms with E-state index in [0.29, 0.717) is 9.23 Å². The number of hydrogen-bond donors (Lipinski definition) is 1. The quantitative estimate of drug-likeness (QED) is 0.0689. The molecular weight excluding hydrogens is 558 g/mol. The third-order valence-corrected chi connectivity index (χ3v) is 9.94. The molecule has 2 aliphatic heterocycles.